The maximum absolute atomic E-state index is 11.8. The zero-order valence-corrected chi connectivity index (χ0v) is 14.4. The van der Waals surface area contributed by atoms with Gasteiger partial charge in [-0.25, -0.2) is 0 Å². The summed E-state index contributed by atoms with van der Waals surface area (Å²) >= 11 is 0. The second kappa shape index (κ2) is 7.23. The molecular formula is C18H26N2O3. The van der Waals surface area contributed by atoms with Crippen molar-refractivity contribution < 1.29 is 14.4 Å². The zero-order valence-electron chi connectivity index (χ0n) is 14.4. The van der Waals surface area contributed by atoms with Crippen LogP contribution in [-0.4, -0.2) is 42.8 Å². The van der Waals surface area contributed by atoms with Gasteiger partial charge in [0.1, 0.15) is 0 Å². The summed E-state index contributed by atoms with van der Waals surface area (Å²) in [5, 5.41) is 1.08. The van der Waals surface area contributed by atoms with Crippen LogP contribution in [0.3, 0.4) is 0 Å². The number of anilines is 1. The number of para-hydroxylation sites is 1. The van der Waals surface area contributed by atoms with Crippen molar-refractivity contribution in [2.45, 2.75) is 45.1 Å². The molecule has 0 saturated carbocycles. The number of amides is 1. The van der Waals surface area contributed by atoms with Gasteiger partial charge in [0.15, 0.2) is 0 Å². The average molecular weight is 318 g/mol. The Morgan fingerprint density at radius 2 is 1.87 bits per heavy atom. The van der Waals surface area contributed by atoms with Gasteiger partial charge < -0.3 is 0 Å². The first-order valence-electron chi connectivity index (χ1n) is 8.06. The Morgan fingerprint density at radius 1 is 1.26 bits per heavy atom. The van der Waals surface area contributed by atoms with E-state index in [1.165, 1.54) is 7.11 Å². The van der Waals surface area contributed by atoms with Crippen LogP contribution in [0.4, 0.5) is 5.69 Å². The molecule has 2 rings (SSSR count). The molecule has 0 N–H and O–H groups in total. The van der Waals surface area contributed by atoms with E-state index in [0.717, 1.165) is 36.6 Å². The highest BCUT2D eigenvalue weighted by atomic mass is 16.7. The van der Waals surface area contributed by atoms with Crippen LogP contribution >= 0.6 is 0 Å². The average Bonchev–Trinajstić information content (AvgIpc) is 2.55. The first-order valence-corrected chi connectivity index (χ1v) is 8.06. The van der Waals surface area contributed by atoms with Gasteiger partial charge in [-0.05, 0) is 64.3 Å². The lowest BCUT2D eigenvalue weighted by Gasteiger charge is -2.41. The van der Waals surface area contributed by atoms with Crippen LogP contribution in [0.25, 0.3) is 0 Å². The zero-order chi connectivity index (χ0) is 17.0. The molecule has 23 heavy (non-hydrogen) atoms. The number of piperidine rings is 1. The number of aldehydes is 1. The van der Waals surface area contributed by atoms with Gasteiger partial charge in [0.05, 0.1) is 12.8 Å². The molecule has 5 heteroatoms. The number of carbonyl (C=O) groups excluding carboxylic acids is 2. The van der Waals surface area contributed by atoms with Crippen LogP contribution in [0.2, 0.25) is 0 Å². The lowest BCUT2D eigenvalue weighted by molar-refractivity contribution is -0.133. The summed E-state index contributed by atoms with van der Waals surface area (Å²) in [5.74, 6) is -0.325. The van der Waals surface area contributed by atoms with Crippen molar-refractivity contribution in [3.05, 3.63) is 29.8 Å². The van der Waals surface area contributed by atoms with Crippen molar-refractivity contribution in [1.29, 1.82) is 0 Å². The number of rotatable bonds is 4. The number of benzene rings is 1. The van der Waals surface area contributed by atoms with Crippen molar-refractivity contribution in [2.24, 2.45) is 0 Å². The molecule has 1 aromatic rings. The van der Waals surface area contributed by atoms with E-state index in [9.17, 15) is 9.59 Å². The molecule has 126 valence electrons. The summed E-state index contributed by atoms with van der Waals surface area (Å²) < 4.78 is 0. The van der Waals surface area contributed by atoms with Gasteiger partial charge in [0, 0.05) is 5.54 Å². The molecule has 0 spiro atoms. The number of hydrogen-bond donors (Lipinski definition) is 0. The predicted molar refractivity (Wildman–Crippen MR) is 90.3 cm³/mol. The van der Waals surface area contributed by atoms with Gasteiger partial charge in [-0.2, -0.15) is 5.06 Å². The Morgan fingerprint density at radius 3 is 2.39 bits per heavy atom. The maximum Gasteiger partial charge on any atom is 0.314 e. The number of nitrogens with zero attached hydrogens (tertiary/aromatic N) is 2. The van der Waals surface area contributed by atoms with Crippen LogP contribution in [0.5, 0.6) is 0 Å². The van der Waals surface area contributed by atoms with Crippen LogP contribution in [0, 0.1) is 0 Å². The van der Waals surface area contributed by atoms with Gasteiger partial charge >= 0.3 is 5.91 Å². The Bertz CT molecular complexity index is 558. The minimum Gasteiger partial charge on any atom is -0.298 e. The summed E-state index contributed by atoms with van der Waals surface area (Å²) in [6, 6.07) is 7.68. The molecular weight excluding hydrogens is 292 g/mol. The fourth-order valence-electron chi connectivity index (χ4n) is 3.23. The second-order valence-corrected chi connectivity index (χ2v) is 6.92. The Labute approximate surface area is 138 Å². The summed E-state index contributed by atoms with van der Waals surface area (Å²) in [6.07, 6.45) is 2.34. The molecule has 0 atom stereocenters. The second-order valence-electron chi connectivity index (χ2n) is 6.92. The van der Waals surface area contributed by atoms with E-state index in [2.05, 4.69) is 25.7 Å². The lowest BCUT2D eigenvalue weighted by atomic mass is 9.86. The van der Waals surface area contributed by atoms with Crippen LogP contribution in [0.1, 0.15) is 45.1 Å². The molecule has 1 saturated heterocycles. The van der Waals surface area contributed by atoms with E-state index >= 15 is 0 Å². The molecule has 0 aromatic heterocycles. The molecule has 1 aliphatic heterocycles. The van der Waals surface area contributed by atoms with Gasteiger partial charge in [0.2, 0.25) is 6.29 Å². The minimum absolute atomic E-state index is 0.177. The maximum atomic E-state index is 11.8. The number of likely N-dealkylation sites (tertiary alicyclic amines) is 1. The number of carbonyl (C=O) groups is 2. The number of hydrogen-bond acceptors (Lipinski definition) is 4. The van der Waals surface area contributed by atoms with Gasteiger partial charge in [-0.15, -0.1) is 0 Å². The highest BCUT2D eigenvalue weighted by Gasteiger charge is 2.30. The Balaban J connectivity index is 2.22. The first-order chi connectivity index (χ1) is 10.9. The molecule has 0 bridgehead atoms. The molecule has 1 amide bonds. The third-order valence-electron chi connectivity index (χ3n) is 4.52. The predicted octanol–water partition coefficient (Wildman–Crippen LogP) is 2.76. The minimum atomic E-state index is -0.688. The molecule has 5 nitrogen and oxygen atoms in total. The third-order valence-corrected chi connectivity index (χ3v) is 4.52. The van der Waals surface area contributed by atoms with Crippen molar-refractivity contribution in [3.8, 4) is 0 Å². The summed E-state index contributed by atoms with van der Waals surface area (Å²) in [6.45, 7) is 8.75. The summed E-state index contributed by atoms with van der Waals surface area (Å²) in [5.41, 5.74) is 1.91. The molecule has 0 unspecified atom stereocenters. The quantitative estimate of drug-likeness (QED) is 0.486. The molecule has 0 radical (unpaired) electrons. The molecule has 0 aliphatic carbocycles. The van der Waals surface area contributed by atoms with E-state index in [1.807, 2.05) is 24.3 Å². The van der Waals surface area contributed by atoms with E-state index < -0.39 is 5.91 Å². The van der Waals surface area contributed by atoms with E-state index in [-0.39, 0.29) is 11.8 Å². The van der Waals surface area contributed by atoms with Crippen molar-refractivity contribution in [2.75, 3.05) is 25.3 Å². The normalized spacial score (nSPS) is 17.0. The molecule has 1 heterocycles. The Hall–Kier alpha value is -1.72. The third kappa shape index (κ3) is 3.98. The highest BCUT2D eigenvalue weighted by Crippen LogP contribution is 2.36. The lowest BCUT2D eigenvalue weighted by Crippen LogP contribution is -2.45. The Kier molecular flexibility index (Phi) is 5.55. The summed E-state index contributed by atoms with van der Waals surface area (Å²) in [4.78, 5) is 30.2. The monoisotopic (exact) mass is 318 g/mol. The van der Waals surface area contributed by atoms with Crippen molar-refractivity contribution >= 4 is 17.9 Å². The van der Waals surface area contributed by atoms with E-state index in [4.69, 9.17) is 4.84 Å². The van der Waals surface area contributed by atoms with Crippen LogP contribution in [-0.2, 0) is 14.4 Å². The standard InChI is InChI=1S/C18H26N2O3/c1-18(2,3)19-11-9-14(10-12-19)15-7-5-6-8-16(15)20(23-4)17(22)13-21/h5-8,13-14H,9-12H2,1-4H3. The fourth-order valence-corrected chi connectivity index (χ4v) is 3.23. The SMILES string of the molecule is CON(C(=O)C=O)c1ccccc1C1CCN(C(C)(C)C)CC1. The number of hydroxylamine groups is 1. The molecule has 1 fully saturated rings. The van der Waals surface area contributed by atoms with E-state index in [0.29, 0.717) is 11.6 Å². The molecule has 1 aliphatic rings. The van der Waals surface area contributed by atoms with Crippen molar-refractivity contribution in [1.82, 2.24) is 4.90 Å². The van der Waals surface area contributed by atoms with Crippen molar-refractivity contribution in [3.63, 3.8) is 0 Å². The topological polar surface area (TPSA) is 49.9 Å². The van der Waals surface area contributed by atoms with Crippen LogP contribution in [0.15, 0.2) is 24.3 Å². The highest BCUT2D eigenvalue weighted by molar-refractivity contribution is 6.29. The fraction of sp³-hybridized carbons (Fsp3) is 0.556. The van der Waals surface area contributed by atoms with Gasteiger partial charge in [0.25, 0.3) is 0 Å². The van der Waals surface area contributed by atoms with Gasteiger partial charge in [-0.1, -0.05) is 18.2 Å². The van der Waals surface area contributed by atoms with E-state index in [1.54, 1.807) is 0 Å². The van der Waals surface area contributed by atoms with Gasteiger partial charge in [-0.3, -0.25) is 19.3 Å². The molecule has 1 aromatic carbocycles. The first kappa shape index (κ1) is 17.6. The smallest absolute Gasteiger partial charge is 0.298 e. The largest absolute Gasteiger partial charge is 0.314 e. The summed E-state index contributed by atoms with van der Waals surface area (Å²) in [7, 11) is 1.40. The van der Waals surface area contributed by atoms with Crippen LogP contribution < -0.4 is 5.06 Å².